The molecule has 0 aliphatic heterocycles. The van der Waals surface area contributed by atoms with Crippen molar-refractivity contribution in [2.75, 3.05) is 4.90 Å². The smallest absolute Gasteiger partial charge is 0.0537 e. The highest BCUT2D eigenvalue weighted by atomic mass is 15.1. The summed E-state index contributed by atoms with van der Waals surface area (Å²) >= 11 is 0. The molecule has 280 valence electrons. The molecule has 0 fully saturated rings. The van der Waals surface area contributed by atoms with Crippen molar-refractivity contribution in [2.45, 2.75) is 19.8 Å². The van der Waals surface area contributed by atoms with Gasteiger partial charge in [-0.2, -0.15) is 0 Å². The number of fused-ring (bicyclic) bond motifs is 6. The lowest BCUT2D eigenvalue weighted by Gasteiger charge is -2.30. The standard InChI is InChI=1S/C57H42N2/c1-39-18-17-31-54-52(38-39)46-25-15-16-30-53(46)59(54)43-34-32-42(33-35-43)58(41-21-7-3-8-22-41)55-37-36-51(44-23-9-4-10-24-45(44)55)57-49-28-13-11-26-47(49)56(40-19-5-2-6-20-40)48-27-12-14-29-50(48)57/h2-23,25-30,32-38H,24,31H2,1H3. The highest BCUT2D eigenvalue weighted by Crippen LogP contribution is 2.48. The molecule has 2 aliphatic rings. The van der Waals surface area contributed by atoms with Crippen molar-refractivity contribution in [1.29, 1.82) is 0 Å². The number of hydrogen-bond donors (Lipinski definition) is 0. The molecular formula is C57H42N2. The van der Waals surface area contributed by atoms with Crippen LogP contribution in [0.2, 0.25) is 0 Å². The molecule has 2 heteroatoms. The summed E-state index contributed by atoms with van der Waals surface area (Å²) in [4.78, 5) is 2.44. The predicted octanol–water partition coefficient (Wildman–Crippen LogP) is 15.4. The molecule has 1 aromatic heterocycles. The summed E-state index contributed by atoms with van der Waals surface area (Å²) in [6.07, 6.45) is 17.6. The van der Waals surface area contributed by atoms with Crippen LogP contribution in [0, 0.1) is 0 Å². The van der Waals surface area contributed by atoms with Crippen molar-refractivity contribution in [3.63, 3.8) is 0 Å². The van der Waals surface area contributed by atoms with E-state index in [0.717, 1.165) is 24.2 Å². The predicted molar refractivity (Wildman–Crippen MR) is 252 cm³/mol. The zero-order valence-corrected chi connectivity index (χ0v) is 33.0. The second-order valence-electron chi connectivity index (χ2n) is 15.6. The maximum atomic E-state index is 2.45. The molecule has 59 heavy (non-hydrogen) atoms. The van der Waals surface area contributed by atoms with Crippen LogP contribution in [0.15, 0.2) is 206 Å². The van der Waals surface area contributed by atoms with Crippen molar-refractivity contribution < 1.29 is 0 Å². The molecule has 0 bridgehead atoms. The monoisotopic (exact) mass is 754 g/mol. The summed E-state index contributed by atoms with van der Waals surface area (Å²) in [6, 6.07) is 62.3. The van der Waals surface area contributed by atoms with E-state index >= 15 is 0 Å². The van der Waals surface area contributed by atoms with E-state index in [1.54, 1.807) is 0 Å². The third-order valence-corrected chi connectivity index (χ3v) is 12.1. The molecule has 0 spiro atoms. The van der Waals surface area contributed by atoms with Gasteiger partial charge in [-0.1, -0.05) is 163 Å². The number of benzene rings is 8. The van der Waals surface area contributed by atoms with Gasteiger partial charge >= 0.3 is 0 Å². The van der Waals surface area contributed by atoms with Gasteiger partial charge in [-0.25, -0.2) is 0 Å². The second kappa shape index (κ2) is 14.5. The number of allylic oxidation sites excluding steroid dienone is 6. The minimum absolute atomic E-state index is 0.812. The Kier molecular flexibility index (Phi) is 8.56. The zero-order valence-electron chi connectivity index (χ0n) is 33.0. The SMILES string of the molecule is CC1=Cc2c(n(-c3ccc(N(c4ccccc4)c4ccc(-c5c6ccccc6c(-c6ccccc6)c6ccccc56)c5c4CC=CC=C5)cc3)c3ccccc23)CC=C1. The van der Waals surface area contributed by atoms with Gasteiger partial charge in [0.1, 0.15) is 0 Å². The van der Waals surface area contributed by atoms with Crippen molar-refractivity contribution >= 4 is 61.7 Å². The molecule has 8 aromatic carbocycles. The molecule has 0 radical (unpaired) electrons. The average Bonchev–Trinajstić information content (AvgIpc) is 3.45. The average molecular weight is 755 g/mol. The number of aromatic nitrogens is 1. The van der Waals surface area contributed by atoms with Gasteiger partial charge < -0.3 is 9.47 Å². The fourth-order valence-electron chi connectivity index (χ4n) is 9.60. The van der Waals surface area contributed by atoms with Gasteiger partial charge in [0.2, 0.25) is 0 Å². The van der Waals surface area contributed by atoms with Crippen LogP contribution in [0.1, 0.15) is 29.3 Å². The zero-order chi connectivity index (χ0) is 39.3. The van der Waals surface area contributed by atoms with Crippen LogP contribution in [-0.2, 0) is 12.8 Å². The Labute approximate surface area is 345 Å². The molecule has 0 amide bonds. The third kappa shape index (κ3) is 5.87. The highest BCUT2D eigenvalue weighted by molar-refractivity contribution is 6.22. The molecule has 0 saturated heterocycles. The number of anilines is 3. The lowest BCUT2D eigenvalue weighted by molar-refractivity contribution is 1.00. The number of nitrogens with zero attached hydrogens (tertiary/aromatic N) is 2. The van der Waals surface area contributed by atoms with Gasteiger partial charge in [0.25, 0.3) is 0 Å². The van der Waals surface area contributed by atoms with Gasteiger partial charge in [-0.15, -0.1) is 0 Å². The van der Waals surface area contributed by atoms with E-state index in [1.807, 2.05) is 0 Å². The quantitative estimate of drug-likeness (QED) is 0.154. The minimum atomic E-state index is 0.812. The van der Waals surface area contributed by atoms with Crippen molar-refractivity contribution in [3.8, 4) is 27.9 Å². The fraction of sp³-hybridized carbons (Fsp3) is 0.0526. The molecule has 0 unspecified atom stereocenters. The molecular weight excluding hydrogens is 713 g/mol. The van der Waals surface area contributed by atoms with Crippen molar-refractivity contribution in [2.24, 2.45) is 0 Å². The van der Waals surface area contributed by atoms with E-state index in [4.69, 9.17) is 0 Å². The largest absolute Gasteiger partial charge is 0.313 e. The Morgan fingerprint density at radius 1 is 0.475 bits per heavy atom. The normalized spacial score (nSPS) is 13.3. The van der Waals surface area contributed by atoms with E-state index in [1.165, 1.54) is 94.0 Å². The Bertz CT molecular complexity index is 3140. The minimum Gasteiger partial charge on any atom is -0.313 e. The van der Waals surface area contributed by atoms with E-state index in [2.05, 4.69) is 229 Å². The highest BCUT2D eigenvalue weighted by Gasteiger charge is 2.24. The summed E-state index contributed by atoms with van der Waals surface area (Å²) in [5, 5.41) is 6.35. The third-order valence-electron chi connectivity index (χ3n) is 12.1. The molecule has 1 heterocycles. The Balaban J connectivity index is 1.11. The van der Waals surface area contributed by atoms with Crippen LogP contribution in [0.3, 0.4) is 0 Å². The summed E-state index contributed by atoms with van der Waals surface area (Å²) in [5.74, 6) is 0. The first kappa shape index (κ1) is 34.8. The molecule has 11 rings (SSSR count). The Hall–Kier alpha value is -7.42. The Morgan fingerprint density at radius 3 is 1.80 bits per heavy atom. The number of para-hydroxylation sites is 2. The maximum Gasteiger partial charge on any atom is 0.0537 e. The van der Waals surface area contributed by atoms with E-state index in [-0.39, 0.29) is 0 Å². The summed E-state index contributed by atoms with van der Waals surface area (Å²) in [6.45, 7) is 2.19. The van der Waals surface area contributed by atoms with Crippen molar-refractivity contribution in [3.05, 3.63) is 228 Å². The summed E-state index contributed by atoms with van der Waals surface area (Å²) in [5.41, 5.74) is 17.3. The lowest BCUT2D eigenvalue weighted by Crippen LogP contribution is -2.13. The summed E-state index contributed by atoms with van der Waals surface area (Å²) in [7, 11) is 0. The molecule has 2 aliphatic carbocycles. The van der Waals surface area contributed by atoms with E-state index < -0.39 is 0 Å². The van der Waals surface area contributed by atoms with Crippen LogP contribution in [-0.4, -0.2) is 4.57 Å². The second-order valence-corrected chi connectivity index (χ2v) is 15.6. The van der Waals surface area contributed by atoms with E-state index in [0.29, 0.717) is 0 Å². The molecule has 0 N–H and O–H groups in total. The van der Waals surface area contributed by atoms with Crippen LogP contribution in [0.25, 0.3) is 72.5 Å². The Morgan fingerprint density at radius 2 is 1.08 bits per heavy atom. The fourth-order valence-corrected chi connectivity index (χ4v) is 9.60. The first-order chi connectivity index (χ1) is 29.2. The first-order valence-corrected chi connectivity index (χ1v) is 20.6. The van der Waals surface area contributed by atoms with E-state index in [9.17, 15) is 0 Å². The van der Waals surface area contributed by atoms with Gasteiger partial charge in [-0.05, 0) is 123 Å². The van der Waals surface area contributed by atoms with Crippen LogP contribution in [0.5, 0.6) is 0 Å². The molecule has 9 aromatic rings. The molecule has 2 nitrogen and oxygen atoms in total. The van der Waals surface area contributed by atoms with Gasteiger partial charge in [0.15, 0.2) is 0 Å². The number of hydrogen-bond acceptors (Lipinski definition) is 1. The van der Waals surface area contributed by atoms with Gasteiger partial charge in [0, 0.05) is 40.1 Å². The van der Waals surface area contributed by atoms with Crippen LogP contribution in [0.4, 0.5) is 17.1 Å². The molecule has 0 atom stereocenters. The van der Waals surface area contributed by atoms with Crippen LogP contribution >= 0.6 is 0 Å². The first-order valence-electron chi connectivity index (χ1n) is 20.6. The number of rotatable bonds is 6. The maximum absolute atomic E-state index is 2.45. The van der Waals surface area contributed by atoms with Gasteiger partial charge in [-0.3, -0.25) is 0 Å². The van der Waals surface area contributed by atoms with Crippen molar-refractivity contribution in [1.82, 2.24) is 4.57 Å². The van der Waals surface area contributed by atoms with Crippen LogP contribution < -0.4 is 4.90 Å². The van der Waals surface area contributed by atoms with Gasteiger partial charge in [0.05, 0.1) is 11.2 Å². The summed E-state index contributed by atoms with van der Waals surface area (Å²) < 4.78 is 2.45. The molecule has 0 saturated carbocycles. The topological polar surface area (TPSA) is 8.17 Å². The lowest BCUT2D eigenvalue weighted by atomic mass is 9.83.